The zero-order chi connectivity index (χ0) is 28.6. The van der Waals surface area contributed by atoms with E-state index >= 15 is 0 Å². The number of halogens is 4. The van der Waals surface area contributed by atoms with Crippen molar-refractivity contribution in [3.63, 3.8) is 0 Å². The topological polar surface area (TPSA) is 85.3 Å². The molecule has 0 aromatic heterocycles. The molecular formula is C28H32Cl4N4O4. The molecule has 0 bridgehead atoms. The van der Waals surface area contributed by atoms with Gasteiger partial charge in [-0.2, -0.15) is 0 Å². The molecule has 0 unspecified atom stereocenters. The fraction of sp³-hybridized carbons (Fsp3) is 0.500. The van der Waals surface area contributed by atoms with Crippen LogP contribution in [0.15, 0.2) is 30.3 Å². The Hall–Kier alpha value is -1.78. The summed E-state index contributed by atoms with van der Waals surface area (Å²) in [6.45, 7) is 6.36. The highest BCUT2D eigenvalue weighted by Crippen LogP contribution is 2.33. The number of rotatable bonds is 6. The number of benzene rings is 2. The largest absolute Gasteiger partial charge is 0.380 e. The van der Waals surface area contributed by atoms with Crippen molar-refractivity contribution in [2.45, 2.75) is 37.5 Å². The van der Waals surface area contributed by atoms with Crippen molar-refractivity contribution in [1.82, 2.24) is 14.7 Å². The minimum absolute atomic E-state index is 0.178. The summed E-state index contributed by atoms with van der Waals surface area (Å²) in [5.74, 6) is -0.529. The molecule has 40 heavy (non-hydrogen) atoms. The summed E-state index contributed by atoms with van der Waals surface area (Å²) >= 11 is 25.2. The van der Waals surface area contributed by atoms with Crippen LogP contribution in [0.2, 0.25) is 20.1 Å². The lowest BCUT2D eigenvalue weighted by molar-refractivity contribution is -0.152. The summed E-state index contributed by atoms with van der Waals surface area (Å²) in [5, 5.41) is 15.9. The minimum atomic E-state index is -1.71. The van der Waals surface area contributed by atoms with Gasteiger partial charge in [-0.15, -0.1) is 0 Å². The van der Waals surface area contributed by atoms with Gasteiger partial charge < -0.3 is 25.0 Å². The number of ether oxygens (including phenoxy) is 1. The van der Waals surface area contributed by atoms with E-state index in [1.807, 2.05) is 0 Å². The van der Waals surface area contributed by atoms with Crippen LogP contribution in [0.5, 0.6) is 0 Å². The number of carbonyl (C=O) groups is 2. The van der Waals surface area contributed by atoms with Crippen molar-refractivity contribution >= 4 is 63.9 Å². The zero-order valence-electron chi connectivity index (χ0n) is 22.1. The zero-order valence-corrected chi connectivity index (χ0v) is 25.2. The summed E-state index contributed by atoms with van der Waals surface area (Å²) in [6, 6.07) is 8.80. The molecule has 12 heteroatoms. The smallest absolute Gasteiger partial charge is 0.258 e. The molecule has 2 aromatic rings. The quantitative estimate of drug-likeness (QED) is 0.479. The molecule has 0 saturated carbocycles. The van der Waals surface area contributed by atoms with E-state index in [-0.39, 0.29) is 17.9 Å². The van der Waals surface area contributed by atoms with Gasteiger partial charge in [0.1, 0.15) is 0 Å². The molecule has 3 heterocycles. The van der Waals surface area contributed by atoms with E-state index in [2.05, 4.69) is 10.2 Å². The van der Waals surface area contributed by atoms with Crippen molar-refractivity contribution in [1.29, 1.82) is 0 Å². The third-order valence-corrected chi connectivity index (χ3v) is 8.98. The lowest BCUT2D eigenvalue weighted by Crippen LogP contribution is -2.61. The first-order valence-electron chi connectivity index (χ1n) is 13.4. The van der Waals surface area contributed by atoms with Crippen molar-refractivity contribution in [3.8, 4) is 0 Å². The highest BCUT2D eigenvalue weighted by Gasteiger charge is 2.40. The minimum Gasteiger partial charge on any atom is -0.380 e. The molecular weight excluding hydrogens is 598 g/mol. The van der Waals surface area contributed by atoms with Gasteiger partial charge in [-0.3, -0.25) is 14.5 Å². The van der Waals surface area contributed by atoms with E-state index in [9.17, 15) is 14.7 Å². The lowest BCUT2D eigenvalue weighted by atomic mass is 9.92. The average Bonchev–Trinajstić information content (AvgIpc) is 2.89. The molecule has 0 spiro atoms. The Bertz CT molecular complexity index is 1230. The monoisotopic (exact) mass is 628 g/mol. The molecule has 8 nitrogen and oxygen atoms in total. The Morgan fingerprint density at radius 3 is 2.05 bits per heavy atom. The number of carbonyl (C=O) groups excluding carboxylic acids is 2. The number of aliphatic hydroxyl groups is 1. The van der Waals surface area contributed by atoms with Crippen molar-refractivity contribution in [3.05, 3.63) is 61.5 Å². The molecule has 3 aliphatic rings. The third kappa shape index (κ3) is 6.33. The fourth-order valence-corrected chi connectivity index (χ4v) is 6.80. The van der Waals surface area contributed by atoms with E-state index in [1.165, 1.54) is 6.92 Å². The molecule has 2 N–H and O–H groups in total. The van der Waals surface area contributed by atoms with E-state index in [0.717, 1.165) is 31.6 Å². The summed E-state index contributed by atoms with van der Waals surface area (Å²) in [6.07, 6.45) is 1.64. The van der Waals surface area contributed by atoms with E-state index in [0.29, 0.717) is 76.7 Å². The van der Waals surface area contributed by atoms with Gasteiger partial charge in [0.05, 0.1) is 34.9 Å². The Balaban J connectivity index is 1.11. The van der Waals surface area contributed by atoms with Crippen LogP contribution in [0.3, 0.4) is 0 Å². The van der Waals surface area contributed by atoms with Crippen LogP contribution in [0.25, 0.3) is 0 Å². The maximum Gasteiger partial charge on any atom is 0.258 e. The van der Waals surface area contributed by atoms with Gasteiger partial charge in [-0.25, -0.2) is 0 Å². The second kappa shape index (κ2) is 12.2. The van der Waals surface area contributed by atoms with Gasteiger partial charge in [0.25, 0.3) is 11.8 Å². The van der Waals surface area contributed by atoms with Crippen LogP contribution in [-0.2, 0) is 15.1 Å². The van der Waals surface area contributed by atoms with Crippen LogP contribution in [-0.4, -0.2) is 96.2 Å². The SMILES string of the molecule is C[C@@](O)(C(=O)N1CCC(N2CC(Nc3cc(Cl)c(C(=O)N4CCOCC4)c(Cl)c3)C2)CC1)c1cc(Cl)cc(Cl)c1. The average molecular weight is 630 g/mol. The molecule has 216 valence electrons. The van der Waals surface area contributed by atoms with E-state index < -0.39 is 5.60 Å². The van der Waals surface area contributed by atoms with Gasteiger partial charge in [0, 0.05) is 61.0 Å². The third-order valence-electron chi connectivity index (χ3n) is 7.94. The van der Waals surface area contributed by atoms with Gasteiger partial charge in [-0.1, -0.05) is 46.4 Å². The molecule has 2 aromatic carbocycles. The number of hydrogen-bond donors (Lipinski definition) is 2. The highest BCUT2D eigenvalue weighted by atomic mass is 35.5. The first-order valence-corrected chi connectivity index (χ1v) is 14.9. The Morgan fingerprint density at radius 2 is 1.48 bits per heavy atom. The summed E-state index contributed by atoms with van der Waals surface area (Å²) in [4.78, 5) is 31.9. The second-order valence-corrected chi connectivity index (χ2v) is 12.5. The van der Waals surface area contributed by atoms with Crippen LogP contribution in [0, 0.1) is 0 Å². The van der Waals surface area contributed by atoms with Crippen LogP contribution >= 0.6 is 46.4 Å². The second-order valence-electron chi connectivity index (χ2n) is 10.8. The number of anilines is 1. The van der Waals surface area contributed by atoms with E-state index in [4.69, 9.17) is 51.1 Å². The molecule has 0 aliphatic carbocycles. The predicted molar refractivity (Wildman–Crippen MR) is 158 cm³/mol. The van der Waals surface area contributed by atoms with Gasteiger partial charge in [-0.05, 0) is 55.7 Å². The van der Waals surface area contributed by atoms with Crippen molar-refractivity contribution in [2.75, 3.05) is 57.8 Å². The summed E-state index contributed by atoms with van der Waals surface area (Å²) in [7, 11) is 0. The first-order chi connectivity index (χ1) is 19.0. The molecule has 0 radical (unpaired) electrons. The number of nitrogens with one attached hydrogen (secondary N) is 1. The maximum atomic E-state index is 13.2. The number of amides is 2. The summed E-state index contributed by atoms with van der Waals surface area (Å²) in [5.41, 5.74) is -0.225. The van der Waals surface area contributed by atoms with Crippen LogP contribution in [0.1, 0.15) is 35.7 Å². The predicted octanol–water partition coefficient (Wildman–Crippen LogP) is 4.77. The molecule has 2 amide bonds. The van der Waals surface area contributed by atoms with Gasteiger partial charge in [0.2, 0.25) is 0 Å². The molecule has 5 rings (SSSR count). The van der Waals surface area contributed by atoms with Crippen molar-refractivity contribution < 1.29 is 19.4 Å². The highest BCUT2D eigenvalue weighted by molar-refractivity contribution is 6.40. The Morgan fingerprint density at radius 1 is 0.900 bits per heavy atom. The standard InChI is InChI=1S/C28H32Cl4N4O4/c1-28(39,17-10-18(29)12-19(30)11-17)27(38)35-4-2-22(3-5-35)36-15-21(16-36)33-20-13-23(31)25(24(32)14-20)26(37)34-6-8-40-9-7-34/h10-14,21-22,33,39H,2-9,15-16H2,1H3/t28-/m0/s1. The normalized spacial score (nSPS) is 20.6. The van der Waals surface area contributed by atoms with E-state index in [1.54, 1.807) is 40.1 Å². The van der Waals surface area contributed by atoms with Crippen molar-refractivity contribution in [2.24, 2.45) is 0 Å². The molecule has 3 aliphatic heterocycles. The number of morpholine rings is 1. The lowest BCUT2D eigenvalue weighted by Gasteiger charge is -2.48. The van der Waals surface area contributed by atoms with Crippen LogP contribution < -0.4 is 5.32 Å². The summed E-state index contributed by atoms with van der Waals surface area (Å²) < 4.78 is 5.32. The van der Waals surface area contributed by atoms with Gasteiger partial charge in [0.15, 0.2) is 5.60 Å². The molecule has 3 fully saturated rings. The Labute approximate surface area is 254 Å². The molecule has 3 saturated heterocycles. The number of piperidine rings is 1. The van der Waals surface area contributed by atoms with Crippen LogP contribution in [0.4, 0.5) is 5.69 Å². The number of likely N-dealkylation sites (tertiary alicyclic amines) is 2. The number of hydrogen-bond acceptors (Lipinski definition) is 6. The fourth-order valence-electron chi connectivity index (χ4n) is 5.62. The van der Waals surface area contributed by atoms with Gasteiger partial charge >= 0.3 is 0 Å². The number of nitrogens with zero attached hydrogens (tertiary/aromatic N) is 3. The maximum absolute atomic E-state index is 13.2. The molecule has 1 atom stereocenters. The first kappa shape index (κ1) is 29.7. The Kier molecular flexibility index (Phi) is 9.07.